The summed E-state index contributed by atoms with van der Waals surface area (Å²) < 4.78 is 12.0. The molecule has 1 aromatic carbocycles. The summed E-state index contributed by atoms with van der Waals surface area (Å²) in [4.78, 5) is 14.8. The van der Waals surface area contributed by atoms with Crippen LogP contribution in [0.4, 0.5) is 5.82 Å². The maximum Gasteiger partial charge on any atom is 0.223 e. The molecule has 0 saturated carbocycles. The van der Waals surface area contributed by atoms with E-state index in [0.717, 1.165) is 48.8 Å². The topological polar surface area (TPSA) is 107 Å². The van der Waals surface area contributed by atoms with Crippen molar-refractivity contribution in [2.45, 2.75) is 19.4 Å². The predicted molar refractivity (Wildman–Crippen MR) is 105 cm³/mol. The molecule has 2 aromatic heterocycles. The Balaban J connectivity index is 1.33. The molecule has 3 aromatic rings. The van der Waals surface area contributed by atoms with Gasteiger partial charge in [0, 0.05) is 31.1 Å². The fraction of sp³-hybridized carbons (Fsp3) is 0.421. The van der Waals surface area contributed by atoms with Crippen molar-refractivity contribution in [2.24, 2.45) is 5.92 Å². The van der Waals surface area contributed by atoms with Crippen LogP contribution in [0.5, 0.6) is 11.5 Å². The molecule has 152 valence electrons. The quantitative estimate of drug-likeness (QED) is 0.658. The smallest absolute Gasteiger partial charge is 0.223 e. The highest BCUT2D eigenvalue weighted by Crippen LogP contribution is 2.25. The summed E-state index contributed by atoms with van der Waals surface area (Å²) in [6.07, 6.45) is 1.52. The summed E-state index contributed by atoms with van der Waals surface area (Å²) in [5.41, 5.74) is 1.49. The average Bonchev–Trinajstić information content (AvgIpc) is 3.25. The molecule has 1 fully saturated rings. The molecule has 4 rings (SSSR count). The first-order chi connectivity index (χ1) is 14.2. The number of anilines is 1. The fourth-order valence-electron chi connectivity index (χ4n) is 3.53. The van der Waals surface area contributed by atoms with Gasteiger partial charge in [0.05, 0.1) is 14.2 Å². The van der Waals surface area contributed by atoms with Crippen molar-refractivity contribution in [3.05, 3.63) is 35.9 Å². The highest BCUT2D eigenvalue weighted by Gasteiger charge is 2.26. The summed E-state index contributed by atoms with van der Waals surface area (Å²) in [7, 11) is 3.23. The first-order valence-electron chi connectivity index (χ1n) is 9.47. The molecule has 0 spiro atoms. The molecule has 0 radical (unpaired) electrons. The van der Waals surface area contributed by atoms with E-state index in [1.807, 2.05) is 30.3 Å². The number of nitrogens with zero attached hydrogens (tertiary/aromatic N) is 6. The van der Waals surface area contributed by atoms with Gasteiger partial charge in [0.2, 0.25) is 5.91 Å². The number of hydrogen-bond acceptors (Lipinski definition) is 8. The Hall–Kier alpha value is -3.43. The van der Waals surface area contributed by atoms with Crippen molar-refractivity contribution in [1.29, 1.82) is 0 Å². The van der Waals surface area contributed by atoms with Crippen molar-refractivity contribution < 1.29 is 14.3 Å². The number of piperidine rings is 1. The molecule has 1 saturated heterocycles. The molecule has 10 heteroatoms. The summed E-state index contributed by atoms with van der Waals surface area (Å²) in [5, 5.41) is 18.7. The molecule has 1 aliphatic heterocycles. The largest absolute Gasteiger partial charge is 0.497 e. The Morgan fingerprint density at radius 2 is 2.00 bits per heavy atom. The van der Waals surface area contributed by atoms with Crippen LogP contribution in [0.1, 0.15) is 18.4 Å². The van der Waals surface area contributed by atoms with Gasteiger partial charge >= 0.3 is 0 Å². The van der Waals surface area contributed by atoms with E-state index in [2.05, 4.69) is 30.8 Å². The number of tetrazole rings is 1. The SMILES string of the molecule is COc1ccc(OC)c(CNC(=O)C2CCN(c3ccc4nnnn4n3)CC2)c1. The molecule has 10 nitrogen and oxygen atoms in total. The van der Waals surface area contributed by atoms with Crippen LogP contribution in [0.3, 0.4) is 0 Å². The van der Waals surface area contributed by atoms with Gasteiger partial charge in [-0.3, -0.25) is 4.79 Å². The zero-order chi connectivity index (χ0) is 20.2. The van der Waals surface area contributed by atoms with Gasteiger partial charge in [-0.25, -0.2) is 0 Å². The number of rotatable bonds is 6. The van der Waals surface area contributed by atoms with Gasteiger partial charge in [-0.15, -0.1) is 14.8 Å². The number of ether oxygens (including phenoxy) is 2. The minimum Gasteiger partial charge on any atom is -0.497 e. The summed E-state index contributed by atoms with van der Waals surface area (Å²) in [6.45, 7) is 1.90. The summed E-state index contributed by atoms with van der Waals surface area (Å²) >= 11 is 0. The highest BCUT2D eigenvalue weighted by atomic mass is 16.5. The van der Waals surface area contributed by atoms with E-state index < -0.39 is 0 Å². The Kier molecular flexibility index (Phi) is 5.41. The van der Waals surface area contributed by atoms with Gasteiger partial charge in [-0.2, -0.15) is 0 Å². The van der Waals surface area contributed by atoms with E-state index in [1.54, 1.807) is 14.2 Å². The lowest BCUT2D eigenvalue weighted by molar-refractivity contribution is -0.125. The van der Waals surface area contributed by atoms with Crippen LogP contribution < -0.4 is 19.7 Å². The Bertz CT molecular complexity index is 998. The maximum atomic E-state index is 12.7. The number of benzene rings is 1. The van der Waals surface area contributed by atoms with Crippen LogP contribution in [-0.2, 0) is 11.3 Å². The van der Waals surface area contributed by atoms with Gasteiger partial charge < -0.3 is 19.7 Å². The molecule has 0 aliphatic carbocycles. The van der Waals surface area contributed by atoms with E-state index in [4.69, 9.17) is 9.47 Å². The second kappa shape index (κ2) is 8.29. The number of carbonyl (C=O) groups is 1. The molecule has 29 heavy (non-hydrogen) atoms. The number of amides is 1. The van der Waals surface area contributed by atoms with Crippen LogP contribution in [0.2, 0.25) is 0 Å². The number of aromatic nitrogens is 5. The molecular weight excluding hydrogens is 374 g/mol. The third-order valence-corrected chi connectivity index (χ3v) is 5.19. The van der Waals surface area contributed by atoms with Gasteiger partial charge in [-0.1, -0.05) is 0 Å². The van der Waals surface area contributed by atoms with Gasteiger partial charge in [0.1, 0.15) is 11.5 Å². The van der Waals surface area contributed by atoms with Crippen LogP contribution in [-0.4, -0.2) is 58.5 Å². The Morgan fingerprint density at radius 1 is 1.17 bits per heavy atom. The highest BCUT2D eigenvalue weighted by molar-refractivity contribution is 5.79. The zero-order valence-corrected chi connectivity index (χ0v) is 16.4. The molecule has 0 atom stereocenters. The van der Waals surface area contributed by atoms with Crippen molar-refractivity contribution in [2.75, 3.05) is 32.2 Å². The number of carbonyl (C=O) groups excluding carboxylic acids is 1. The summed E-state index contributed by atoms with van der Waals surface area (Å²) in [5.74, 6) is 2.29. The van der Waals surface area contributed by atoms with Crippen molar-refractivity contribution in [1.82, 2.24) is 30.6 Å². The third-order valence-electron chi connectivity index (χ3n) is 5.19. The second-order valence-electron chi connectivity index (χ2n) is 6.87. The number of hydrogen-bond donors (Lipinski definition) is 1. The Morgan fingerprint density at radius 3 is 2.76 bits per heavy atom. The van der Waals surface area contributed by atoms with E-state index in [-0.39, 0.29) is 11.8 Å². The number of fused-ring (bicyclic) bond motifs is 1. The molecular formula is C19H23N7O3. The van der Waals surface area contributed by atoms with Crippen molar-refractivity contribution in [3.63, 3.8) is 0 Å². The van der Waals surface area contributed by atoms with E-state index >= 15 is 0 Å². The van der Waals surface area contributed by atoms with Crippen LogP contribution >= 0.6 is 0 Å². The van der Waals surface area contributed by atoms with E-state index in [1.165, 1.54) is 4.63 Å². The molecule has 1 aliphatic rings. The third kappa shape index (κ3) is 4.05. The Labute approximate surface area is 167 Å². The monoisotopic (exact) mass is 397 g/mol. The number of nitrogens with one attached hydrogen (secondary N) is 1. The van der Waals surface area contributed by atoms with Crippen molar-refractivity contribution >= 4 is 17.4 Å². The molecule has 0 unspecified atom stereocenters. The van der Waals surface area contributed by atoms with Crippen molar-refractivity contribution in [3.8, 4) is 11.5 Å². The molecule has 1 N–H and O–H groups in total. The lowest BCUT2D eigenvalue weighted by Crippen LogP contribution is -2.40. The fourth-order valence-corrected chi connectivity index (χ4v) is 3.53. The average molecular weight is 397 g/mol. The van der Waals surface area contributed by atoms with E-state index in [0.29, 0.717) is 12.2 Å². The zero-order valence-electron chi connectivity index (χ0n) is 16.4. The minimum absolute atomic E-state index is 0.0281. The molecule has 1 amide bonds. The van der Waals surface area contributed by atoms with Crippen LogP contribution in [0.15, 0.2) is 30.3 Å². The predicted octanol–water partition coefficient (Wildman–Crippen LogP) is 1.07. The minimum atomic E-state index is -0.0281. The molecule has 0 bridgehead atoms. The lowest BCUT2D eigenvalue weighted by Gasteiger charge is -2.31. The molecule has 3 heterocycles. The van der Waals surface area contributed by atoms with E-state index in [9.17, 15) is 4.79 Å². The summed E-state index contributed by atoms with van der Waals surface area (Å²) in [6, 6.07) is 9.29. The first-order valence-corrected chi connectivity index (χ1v) is 9.47. The van der Waals surface area contributed by atoms with Crippen LogP contribution in [0, 0.1) is 5.92 Å². The van der Waals surface area contributed by atoms with Crippen LogP contribution in [0.25, 0.3) is 5.65 Å². The lowest BCUT2D eigenvalue weighted by atomic mass is 9.96. The normalized spacial score (nSPS) is 14.8. The first kappa shape index (κ1) is 18.9. The van der Waals surface area contributed by atoms with Gasteiger partial charge in [0.15, 0.2) is 11.5 Å². The van der Waals surface area contributed by atoms with Gasteiger partial charge in [-0.05, 0) is 53.6 Å². The maximum absolute atomic E-state index is 12.7. The second-order valence-corrected chi connectivity index (χ2v) is 6.87. The standard InChI is InChI=1S/C19H23N7O3/c1-28-15-3-4-16(29-2)14(11-15)12-20-19(27)13-7-9-25(10-8-13)18-6-5-17-21-23-24-26(17)22-18/h3-6,11,13H,7-10,12H2,1-2H3,(H,20,27). The number of methoxy groups -OCH3 is 2. The van der Waals surface area contributed by atoms with Gasteiger partial charge in [0.25, 0.3) is 0 Å².